The number of halogens is 2. The topological polar surface area (TPSA) is 113 Å². The van der Waals surface area contributed by atoms with Crippen molar-refractivity contribution in [3.8, 4) is 0 Å². The van der Waals surface area contributed by atoms with Gasteiger partial charge in [-0.1, -0.05) is 6.07 Å². The molecule has 12 heteroatoms. The van der Waals surface area contributed by atoms with Gasteiger partial charge in [0.25, 0.3) is 15.9 Å². The van der Waals surface area contributed by atoms with Gasteiger partial charge in [0.1, 0.15) is 0 Å². The number of rotatable bonds is 7. The average Bonchev–Trinajstić information content (AvgIpc) is 3.37. The third-order valence-corrected chi connectivity index (χ3v) is 8.67. The molecule has 1 aliphatic heterocycles. The molecular weight excluding hydrogens is 500 g/mol. The minimum absolute atomic E-state index is 0.0826. The van der Waals surface area contributed by atoms with E-state index in [1.807, 2.05) is 0 Å². The summed E-state index contributed by atoms with van der Waals surface area (Å²) in [7, 11) is -7.82. The van der Waals surface area contributed by atoms with Crippen molar-refractivity contribution in [2.24, 2.45) is 0 Å². The quantitative estimate of drug-likeness (QED) is 0.491. The lowest BCUT2D eigenvalue weighted by Gasteiger charge is -2.16. The molecule has 0 aliphatic carbocycles. The molecule has 2 N–H and O–H groups in total. The third kappa shape index (κ3) is 5.50. The van der Waals surface area contributed by atoms with Crippen molar-refractivity contribution >= 4 is 37.3 Å². The van der Waals surface area contributed by atoms with Crippen LogP contribution in [0.1, 0.15) is 23.2 Å². The number of carbonyl (C=O) groups excluding carboxylic acids is 1. The molecule has 3 aromatic carbocycles. The molecule has 0 atom stereocenters. The molecule has 3 aromatic rings. The maximum atomic E-state index is 13.4. The van der Waals surface area contributed by atoms with Crippen molar-refractivity contribution in [3.63, 3.8) is 0 Å². The minimum Gasteiger partial charge on any atom is -0.322 e. The van der Waals surface area contributed by atoms with E-state index >= 15 is 0 Å². The highest BCUT2D eigenvalue weighted by molar-refractivity contribution is 7.92. The summed E-state index contributed by atoms with van der Waals surface area (Å²) in [6.07, 6.45) is 1.62. The van der Waals surface area contributed by atoms with Crippen molar-refractivity contribution in [3.05, 3.63) is 83.9 Å². The van der Waals surface area contributed by atoms with Gasteiger partial charge in [0.05, 0.1) is 9.79 Å². The van der Waals surface area contributed by atoms with E-state index in [0.29, 0.717) is 30.9 Å². The van der Waals surface area contributed by atoms with Crippen molar-refractivity contribution in [2.45, 2.75) is 22.6 Å². The first kappa shape index (κ1) is 24.8. The van der Waals surface area contributed by atoms with Crippen LogP contribution >= 0.6 is 0 Å². The Hall–Kier alpha value is -3.35. The van der Waals surface area contributed by atoms with Gasteiger partial charge < -0.3 is 5.32 Å². The van der Waals surface area contributed by atoms with E-state index in [2.05, 4.69) is 10.0 Å². The number of amides is 1. The van der Waals surface area contributed by atoms with Gasteiger partial charge in [-0.2, -0.15) is 4.31 Å². The lowest BCUT2D eigenvalue weighted by molar-refractivity contribution is 0.102. The third-order valence-electron chi connectivity index (χ3n) is 5.40. The largest absolute Gasteiger partial charge is 0.322 e. The van der Waals surface area contributed by atoms with E-state index in [1.165, 1.54) is 46.8 Å². The molecule has 0 spiro atoms. The van der Waals surface area contributed by atoms with Gasteiger partial charge in [-0.25, -0.2) is 25.6 Å². The molecule has 184 valence electrons. The van der Waals surface area contributed by atoms with Crippen LogP contribution in [0.4, 0.5) is 20.2 Å². The molecule has 1 heterocycles. The number of benzene rings is 3. The fourth-order valence-electron chi connectivity index (χ4n) is 3.56. The predicted octanol–water partition coefficient (Wildman–Crippen LogP) is 3.80. The van der Waals surface area contributed by atoms with Crippen LogP contribution in [0.25, 0.3) is 0 Å². The molecule has 1 amide bonds. The van der Waals surface area contributed by atoms with Crippen LogP contribution < -0.4 is 10.0 Å². The summed E-state index contributed by atoms with van der Waals surface area (Å²) in [6, 6.07) is 13.6. The summed E-state index contributed by atoms with van der Waals surface area (Å²) in [4.78, 5) is 12.3. The molecule has 0 radical (unpaired) electrons. The Bertz CT molecular complexity index is 1470. The zero-order valence-electron chi connectivity index (χ0n) is 18.2. The normalized spacial score (nSPS) is 14.6. The van der Waals surface area contributed by atoms with E-state index in [9.17, 15) is 30.4 Å². The van der Waals surface area contributed by atoms with Gasteiger partial charge in [0.15, 0.2) is 11.6 Å². The number of nitrogens with one attached hydrogen (secondary N) is 2. The molecule has 8 nitrogen and oxygen atoms in total. The van der Waals surface area contributed by atoms with Gasteiger partial charge >= 0.3 is 0 Å². The van der Waals surface area contributed by atoms with Crippen LogP contribution in [0, 0.1) is 11.6 Å². The van der Waals surface area contributed by atoms with Crippen LogP contribution in [-0.4, -0.2) is 40.1 Å². The standard InChI is InChI=1S/C23H21F2N3O5S2/c24-21-11-10-19(15-22(21)25)34(30,31)27-17-8-6-16(7-9-17)23(29)26-18-4-3-5-20(14-18)35(32,33)28-12-1-2-13-28/h3-11,14-15,27H,1-2,12-13H2,(H,26,29). The molecule has 1 fully saturated rings. The van der Waals surface area contributed by atoms with E-state index in [-0.39, 0.29) is 16.1 Å². The molecule has 4 rings (SSSR count). The Morgan fingerprint density at radius 3 is 2.11 bits per heavy atom. The van der Waals surface area contributed by atoms with Gasteiger partial charge in [0.2, 0.25) is 10.0 Å². The summed E-state index contributed by atoms with van der Waals surface area (Å²) < 4.78 is 80.4. The van der Waals surface area contributed by atoms with Crippen LogP contribution in [-0.2, 0) is 20.0 Å². The molecule has 1 saturated heterocycles. The monoisotopic (exact) mass is 521 g/mol. The minimum atomic E-state index is -4.18. The zero-order chi connectivity index (χ0) is 25.2. The van der Waals surface area contributed by atoms with Crippen LogP contribution in [0.15, 0.2) is 76.5 Å². The van der Waals surface area contributed by atoms with E-state index in [0.717, 1.165) is 18.9 Å². The molecule has 1 aliphatic rings. The van der Waals surface area contributed by atoms with Crippen LogP contribution in [0.3, 0.4) is 0 Å². The first-order valence-electron chi connectivity index (χ1n) is 10.6. The van der Waals surface area contributed by atoms with Crippen molar-refractivity contribution in [1.29, 1.82) is 0 Å². The number of anilines is 2. The van der Waals surface area contributed by atoms with Crippen LogP contribution in [0.5, 0.6) is 0 Å². The smallest absolute Gasteiger partial charge is 0.261 e. The zero-order valence-corrected chi connectivity index (χ0v) is 19.9. The van der Waals surface area contributed by atoms with E-state index < -0.39 is 42.5 Å². The number of nitrogens with zero attached hydrogens (tertiary/aromatic N) is 1. The van der Waals surface area contributed by atoms with Gasteiger partial charge in [-0.3, -0.25) is 9.52 Å². The lowest BCUT2D eigenvalue weighted by atomic mass is 10.2. The predicted molar refractivity (Wildman–Crippen MR) is 126 cm³/mol. The number of carbonyl (C=O) groups is 1. The second kappa shape index (κ2) is 9.72. The highest BCUT2D eigenvalue weighted by Gasteiger charge is 2.27. The summed E-state index contributed by atoms with van der Waals surface area (Å²) in [5, 5.41) is 2.63. The Morgan fingerprint density at radius 1 is 0.771 bits per heavy atom. The highest BCUT2D eigenvalue weighted by Crippen LogP contribution is 2.24. The lowest BCUT2D eigenvalue weighted by Crippen LogP contribution is -2.27. The molecule has 0 saturated carbocycles. The van der Waals surface area contributed by atoms with Crippen molar-refractivity contribution in [1.82, 2.24) is 4.31 Å². The first-order valence-corrected chi connectivity index (χ1v) is 13.5. The molecule has 0 aromatic heterocycles. The first-order chi connectivity index (χ1) is 16.6. The Labute approximate surface area is 201 Å². The van der Waals surface area contributed by atoms with Gasteiger partial charge in [0, 0.05) is 30.0 Å². The summed E-state index contributed by atoms with van der Waals surface area (Å²) in [5.74, 6) is -2.99. The highest BCUT2D eigenvalue weighted by atomic mass is 32.2. The van der Waals surface area contributed by atoms with E-state index in [4.69, 9.17) is 0 Å². The number of sulfonamides is 2. The molecule has 35 heavy (non-hydrogen) atoms. The number of hydrogen-bond donors (Lipinski definition) is 2. The molecule has 0 bridgehead atoms. The molecule has 0 unspecified atom stereocenters. The fourth-order valence-corrected chi connectivity index (χ4v) is 6.20. The summed E-state index contributed by atoms with van der Waals surface area (Å²) in [6.45, 7) is 0.927. The maximum absolute atomic E-state index is 13.4. The van der Waals surface area contributed by atoms with Gasteiger partial charge in [-0.05, 0) is 73.5 Å². The van der Waals surface area contributed by atoms with E-state index in [1.54, 1.807) is 6.07 Å². The second-order valence-electron chi connectivity index (χ2n) is 7.85. The summed E-state index contributed by atoms with van der Waals surface area (Å²) in [5.41, 5.74) is 0.581. The Morgan fingerprint density at radius 2 is 1.46 bits per heavy atom. The van der Waals surface area contributed by atoms with Gasteiger partial charge in [-0.15, -0.1) is 0 Å². The molecular formula is C23H21F2N3O5S2. The Kier molecular flexibility index (Phi) is 6.88. The second-order valence-corrected chi connectivity index (χ2v) is 11.5. The Balaban J connectivity index is 1.45. The fraction of sp³-hybridized carbons (Fsp3) is 0.174. The van der Waals surface area contributed by atoms with Crippen LogP contribution in [0.2, 0.25) is 0 Å². The van der Waals surface area contributed by atoms with Crippen molar-refractivity contribution in [2.75, 3.05) is 23.1 Å². The van der Waals surface area contributed by atoms with Crippen molar-refractivity contribution < 1.29 is 30.4 Å². The maximum Gasteiger partial charge on any atom is 0.261 e. The summed E-state index contributed by atoms with van der Waals surface area (Å²) >= 11 is 0. The number of hydrogen-bond acceptors (Lipinski definition) is 5. The SMILES string of the molecule is O=C(Nc1cccc(S(=O)(=O)N2CCCC2)c1)c1ccc(NS(=O)(=O)c2ccc(F)c(F)c2)cc1. The average molecular weight is 522 g/mol.